The Morgan fingerprint density at radius 3 is 2.53 bits per heavy atom. The van der Waals surface area contributed by atoms with Gasteiger partial charge in [-0.3, -0.25) is 9.59 Å². The third kappa shape index (κ3) is 4.88. The molecule has 2 aromatic rings. The van der Waals surface area contributed by atoms with Crippen molar-refractivity contribution >= 4 is 27.3 Å². The van der Waals surface area contributed by atoms with Gasteiger partial charge in [-0.05, 0) is 61.4 Å². The highest BCUT2D eigenvalue weighted by Crippen LogP contribution is 2.39. The van der Waals surface area contributed by atoms with Crippen molar-refractivity contribution in [1.29, 1.82) is 0 Å². The van der Waals surface area contributed by atoms with Crippen LogP contribution in [0, 0.1) is 5.92 Å². The van der Waals surface area contributed by atoms with Crippen molar-refractivity contribution in [3.05, 3.63) is 59.7 Å². The summed E-state index contributed by atoms with van der Waals surface area (Å²) >= 11 is 0. The van der Waals surface area contributed by atoms with Gasteiger partial charge in [0.1, 0.15) is 0 Å². The van der Waals surface area contributed by atoms with E-state index in [-0.39, 0.29) is 46.8 Å². The fourth-order valence-corrected chi connectivity index (χ4v) is 5.55. The summed E-state index contributed by atoms with van der Waals surface area (Å²) in [4.78, 5) is 26.9. The Morgan fingerprint density at radius 1 is 1.12 bits per heavy atom. The number of benzene rings is 2. The zero-order valence-corrected chi connectivity index (χ0v) is 19.4. The first-order valence-corrected chi connectivity index (χ1v) is 12.9. The molecule has 2 aromatic carbocycles. The summed E-state index contributed by atoms with van der Waals surface area (Å²) in [6, 6.07) is 14.9. The maximum absolute atomic E-state index is 12.9. The molecule has 6 nitrogen and oxygen atoms in total. The molecule has 1 aliphatic heterocycles. The van der Waals surface area contributed by atoms with Crippen molar-refractivity contribution in [3.63, 3.8) is 0 Å². The number of hydrogen-bond donors (Lipinski definition) is 1. The number of anilines is 1. The van der Waals surface area contributed by atoms with Crippen LogP contribution in [0.15, 0.2) is 53.4 Å². The van der Waals surface area contributed by atoms with Gasteiger partial charge < -0.3 is 10.2 Å². The summed E-state index contributed by atoms with van der Waals surface area (Å²) in [6.45, 7) is 4.48. The average Bonchev–Trinajstić information content (AvgIpc) is 3.58. The number of amides is 2. The van der Waals surface area contributed by atoms with Gasteiger partial charge in [0.15, 0.2) is 9.84 Å². The van der Waals surface area contributed by atoms with Crippen molar-refractivity contribution in [2.45, 2.75) is 56.4 Å². The molecule has 170 valence electrons. The number of sulfone groups is 1. The van der Waals surface area contributed by atoms with E-state index in [1.54, 1.807) is 18.2 Å². The number of fused-ring (bicyclic) bond motifs is 1. The Morgan fingerprint density at radius 2 is 1.84 bits per heavy atom. The maximum atomic E-state index is 12.9. The maximum Gasteiger partial charge on any atom is 0.230 e. The zero-order chi connectivity index (χ0) is 22.9. The van der Waals surface area contributed by atoms with Crippen LogP contribution in [-0.4, -0.2) is 38.6 Å². The minimum absolute atomic E-state index is 0.0356. The largest absolute Gasteiger partial charge is 0.355 e. The lowest BCUT2D eigenvalue weighted by molar-refractivity contribution is -0.121. The highest BCUT2D eigenvalue weighted by molar-refractivity contribution is 7.91. The molecular weight excluding hydrogens is 424 g/mol. The van der Waals surface area contributed by atoms with Gasteiger partial charge in [0, 0.05) is 30.6 Å². The summed E-state index contributed by atoms with van der Waals surface area (Å²) < 4.78 is 25.7. The molecule has 0 bridgehead atoms. The topological polar surface area (TPSA) is 83.6 Å². The van der Waals surface area contributed by atoms with E-state index in [1.165, 1.54) is 0 Å². The second-order valence-electron chi connectivity index (χ2n) is 9.01. The van der Waals surface area contributed by atoms with E-state index in [1.807, 2.05) is 49.1 Å². The highest BCUT2D eigenvalue weighted by Gasteiger charge is 2.39. The number of nitrogens with zero attached hydrogens (tertiary/aromatic N) is 1. The number of carbonyl (C=O) groups is 2. The molecule has 1 fully saturated rings. The van der Waals surface area contributed by atoms with Crippen molar-refractivity contribution < 1.29 is 18.0 Å². The Kier molecular flexibility index (Phi) is 6.38. The van der Waals surface area contributed by atoms with Gasteiger partial charge in [-0.1, -0.05) is 37.3 Å². The van der Waals surface area contributed by atoms with Crippen LogP contribution in [0.25, 0.3) is 0 Å². The van der Waals surface area contributed by atoms with Crippen LogP contribution >= 0.6 is 0 Å². The average molecular weight is 455 g/mol. The number of hydrogen-bond acceptors (Lipinski definition) is 4. The monoisotopic (exact) mass is 454 g/mol. The SMILES string of the molecule is C[C@@H]1Cc2cc(S(=O)(=O)CCC(=O)NC[C@H](C)c3ccccc3)ccc2N1C(=O)C1CC1. The molecular formula is C25H30N2O4S. The molecule has 2 amide bonds. The van der Waals surface area contributed by atoms with Gasteiger partial charge in [0.05, 0.1) is 10.6 Å². The lowest BCUT2D eigenvalue weighted by Crippen LogP contribution is -2.36. The third-order valence-electron chi connectivity index (χ3n) is 6.36. The van der Waals surface area contributed by atoms with E-state index in [0.29, 0.717) is 13.0 Å². The van der Waals surface area contributed by atoms with Crippen LogP contribution in [0.3, 0.4) is 0 Å². The molecule has 1 aliphatic carbocycles. The highest BCUT2D eigenvalue weighted by atomic mass is 32.2. The third-order valence-corrected chi connectivity index (χ3v) is 8.08. The Hall–Kier alpha value is -2.67. The molecule has 1 saturated carbocycles. The molecule has 1 heterocycles. The summed E-state index contributed by atoms with van der Waals surface area (Å²) in [7, 11) is -3.59. The van der Waals surface area contributed by atoms with Crippen molar-refractivity contribution in [3.8, 4) is 0 Å². The smallest absolute Gasteiger partial charge is 0.230 e. The van der Waals surface area contributed by atoms with E-state index in [2.05, 4.69) is 5.32 Å². The molecule has 0 spiro atoms. The summed E-state index contributed by atoms with van der Waals surface area (Å²) in [6.07, 6.45) is 2.45. The lowest BCUT2D eigenvalue weighted by atomic mass is 10.0. The van der Waals surface area contributed by atoms with Gasteiger partial charge in [-0.2, -0.15) is 0 Å². The lowest BCUT2D eigenvalue weighted by Gasteiger charge is -2.22. The van der Waals surface area contributed by atoms with Crippen molar-refractivity contribution in [2.24, 2.45) is 5.92 Å². The molecule has 0 aromatic heterocycles. The Labute approximate surface area is 189 Å². The second kappa shape index (κ2) is 9.06. The standard InChI is InChI=1S/C25H30N2O4S/c1-17(19-6-4-3-5-7-19)16-26-24(28)12-13-32(30,31)22-10-11-23-21(15-22)14-18(2)27(23)25(29)20-8-9-20/h3-7,10-11,15,17-18,20H,8-9,12-14,16H2,1-2H3,(H,26,28)/t17-,18+/m0/s1. The molecule has 0 saturated heterocycles. The van der Waals surface area contributed by atoms with Crippen molar-refractivity contribution in [2.75, 3.05) is 17.2 Å². The Bertz CT molecular complexity index is 1110. The van der Waals surface area contributed by atoms with E-state index >= 15 is 0 Å². The fraction of sp³-hybridized carbons (Fsp3) is 0.440. The molecule has 2 atom stereocenters. The van der Waals surface area contributed by atoms with E-state index in [9.17, 15) is 18.0 Å². The predicted molar refractivity (Wildman–Crippen MR) is 124 cm³/mol. The normalized spacial score (nSPS) is 18.8. The van der Waals surface area contributed by atoms with Crippen LogP contribution in [0.1, 0.15) is 50.2 Å². The minimum atomic E-state index is -3.59. The van der Waals surface area contributed by atoms with Crippen LogP contribution in [0.5, 0.6) is 0 Å². The van der Waals surface area contributed by atoms with Gasteiger partial charge in [-0.15, -0.1) is 0 Å². The van der Waals surface area contributed by atoms with Crippen LogP contribution in [0.2, 0.25) is 0 Å². The van der Waals surface area contributed by atoms with Crippen molar-refractivity contribution in [1.82, 2.24) is 5.32 Å². The molecule has 0 radical (unpaired) electrons. The van der Waals surface area contributed by atoms with E-state index in [4.69, 9.17) is 0 Å². The quantitative estimate of drug-likeness (QED) is 0.662. The predicted octanol–water partition coefficient (Wildman–Crippen LogP) is 3.46. The number of nitrogens with one attached hydrogen (secondary N) is 1. The molecule has 2 aliphatic rings. The minimum Gasteiger partial charge on any atom is -0.355 e. The first kappa shape index (κ1) is 22.5. The second-order valence-corrected chi connectivity index (χ2v) is 11.1. The van der Waals surface area contributed by atoms with Crippen LogP contribution in [0.4, 0.5) is 5.69 Å². The van der Waals surface area contributed by atoms with Gasteiger partial charge >= 0.3 is 0 Å². The summed E-state index contributed by atoms with van der Waals surface area (Å²) in [5.74, 6) is -0.0928. The van der Waals surface area contributed by atoms with E-state index < -0.39 is 9.84 Å². The first-order valence-electron chi connectivity index (χ1n) is 11.3. The fourth-order valence-electron chi connectivity index (χ4n) is 4.26. The van der Waals surface area contributed by atoms with Gasteiger partial charge in [-0.25, -0.2) is 8.42 Å². The first-order chi connectivity index (χ1) is 15.3. The molecule has 32 heavy (non-hydrogen) atoms. The molecule has 7 heteroatoms. The van der Waals surface area contributed by atoms with E-state index in [0.717, 1.165) is 29.7 Å². The van der Waals surface area contributed by atoms with Gasteiger partial charge in [0.2, 0.25) is 11.8 Å². The molecule has 4 rings (SSSR count). The summed E-state index contributed by atoms with van der Waals surface area (Å²) in [5, 5.41) is 2.84. The Balaban J connectivity index is 1.35. The number of rotatable bonds is 8. The zero-order valence-electron chi connectivity index (χ0n) is 18.6. The number of carbonyl (C=O) groups excluding carboxylic acids is 2. The van der Waals surface area contributed by atoms with Gasteiger partial charge in [0.25, 0.3) is 0 Å². The van der Waals surface area contributed by atoms with Crippen LogP contribution < -0.4 is 10.2 Å². The molecule has 1 N–H and O–H groups in total. The summed E-state index contributed by atoms with van der Waals surface area (Å²) in [5.41, 5.74) is 2.83. The molecule has 0 unspecified atom stereocenters. The van der Waals surface area contributed by atoms with Crippen LogP contribution in [-0.2, 0) is 25.8 Å².